The molecular weight excluding hydrogens is 145 g/mol. The number of hydrogen-bond donors (Lipinski definition) is 0. The van der Waals surface area contributed by atoms with Crippen LogP contribution in [0.4, 0.5) is 0 Å². The average molecular weight is 156 g/mol. The van der Waals surface area contributed by atoms with Gasteiger partial charge in [-0.1, -0.05) is 29.8 Å². The molecule has 1 aliphatic heterocycles. The van der Waals surface area contributed by atoms with Crippen molar-refractivity contribution in [1.29, 1.82) is 0 Å². The van der Waals surface area contributed by atoms with Gasteiger partial charge in [0.1, 0.15) is 0 Å². The Hall–Kier alpha value is 2.10. The molecule has 1 aliphatic rings. The Morgan fingerprint density at radius 2 is 1.38 bits per heavy atom. The van der Waals surface area contributed by atoms with E-state index >= 15 is 0 Å². The van der Waals surface area contributed by atoms with Gasteiger partial charge in [0.25, 0.3) is 0 Å². The van der Waals surface area contributed by atoms with Crippen molar-refractivity contribution in [3.8, 4) is 0 Å². The smallest absolute Gasteiger partial charge is 1.00 e. The van der Waals surface area contributed by atoms with Crippen molar-refractivity contribution in [3.63, 3.8) is 0 Å². The minimum Gasteiger partial charge on any atom is -1.00 e. The predicted octanol–water partition coefficient (Wildman–Crippen LogP) is -4.55. The molecule has 0 unspecified atom stereocenters. The third kappa shape index (κ3) is 6.22. The van der Waals surface area contributed by atoms with Crippen LogP contribution in [0.25, 0.3) is 0 Å². The second-order valence-corrected chi connectivity index (χ2v) is 4.24. The maximum atomic E-state index is 1.64. The van der Waals surface area contributed by atoms with Gasteiger partial charge in [-0.05, 0) is 0 Å². The molecule has 0 N–H and O–H groups in total. The van der Waals surface area contributed by atoms with E-state index in [1.54, 1.807) is 23.4 Å². The number of rotatable bonds is 0. The Kier molecular flexibility index (Phi) is 14.5. The summed E-state index contributed by atoms with van der Waals surface area (Å²) in [5.74, 6) is 0. The van der Waals surface area contributed by atoms with E-state index in [0.29, 0.717) is 15.2 Å². The Morgan fingerprint density at radius 3 is 1.50 bits per heavy atom. The van der Waals surface area contributed by atoms with Crippen LogP contribution in [0.3, 0.4) is 0 Å². The molecule has 0 spiro atoms. The average Bonchev–Trinajstić information content (AvgIpc) is 1.72. The van der Waals surface area contributed by atoms with Gasteiger partial charge in [0, 0.05) is 0 Å². The van der Waals surface area contributed by atoms with E-state index < -0.39 is 0 Å². The van der Waals surface area contributed by atoms with E-state index in [-0.39, 0.29) is 56.1 Å². The van der Waals surface area contributed by atoms with Crippen LogP contribution in [0.15, 0.2) is 0 Å². The van der Waals surface area contributed by atoms with E-state index in [1.165, 1.54) is 6.42 Å². The summed E-state index contributed by atoms with van der Waals surface area (Å²) < 4.78 is 0. The molecule has 8 heavy (non-hydrogen) atoms. The van der Waals surface area contributed by atoms with Crippen molar-refractivity contribution in [2.45, 2.75) is 29.8 Å². The zero-order chi connectivity index (χ0) is 4.24. The second-order valence-electron chi connectivity index (χ2n) is 2.12. The van der Waals surface area contributed by atoms with E-state index in [9.17, 15) is 0 Å². The standard InChI is InChI=1S/C5H10.Al.FH.K.H/c1-3-5-4-2;;;;/h1-5H2;;1H;;/q;;;+1;/p-1. The zero-order valence-electron chi connectivity index (χ0n) is 5.62. The van der Waals surface area contributed by atoms with Gasteiger partial charge in [0.15, 0.2) is 0 Å². The third-order valence-corrected chi connectivity index (χ3v) is 3.50. The molecule has 0 amide bonds. The minimum atomic E-state index is 0. The van der Waals surface area contributed by atoms with Gasteiger partial charge in [-0.2, -0.15) is 0 Å². The molecule has 1 rings (SSSR count). The molecule has 0 radical (unpaired) electrons. The molecule has 0 bridgehead atoms. The minimum absolute atomic E-state index is 0. The van der Waals surface area contributed by atoms with Gasteiger partial charge in [-0.25, -0.2) is 0 Å². The summed E-state index contributed by atoms with van der Waals surface area (Å²) in [6.45, 7) is 0. The first-order valence-corrected chi connectivity index (χ1v) is 5.00. The van der Waals surface area contributed by atoms with Crippen LogP contribution < -0.4 is 56.1 Å². The fourth-order valence-electron chi connectivity index (χ4n) is 1.06. The number of hydrogen-bond acceptors (Lipinski definition) is 0. The summed E-state index contributed by atoms with van der Waals surface area (Å²) in [7, 11) is 0. The van der Waals surface area contributed by atoms with E-state index in [0.717, 1.165) is 0 Å². The maximum absolute atomic E-state index is 1.64. The summed E-state index contributed by atoms with van der Waals surface area (Å²) in [6.07, 6.45) is 4.66. The molecule has 0 nitrogen and oxygen atoms in total. The molecular formula is C5H11AlFK. The Balaban J connectivity index is 0. The maximum Gasteiger partial charge on any atom is 1.00 e. The zero-order valence-corrected chi connectivity index (χ0v) is 10.2. The summed E-state index contributed by atoms with van der Waals surface area (Å²) in [4.78, 5) is 0. The van der Waals surface area contributed by atoms with Gasteiger partial charge in [-0.15, -0.1) is 0 Å². The van der Waals surface area contributed by atoms with Crippen LogP contribution in [0.1, 0.15) is 19.3 Å². The van der Waals surface area contributed by atoms with Crippen molar-refractivity contribution in [2.24, 2.45) is 0 Å². The van der Waals surface area contributed by atoms with Gasteiger partial charge in [0.2, 0.25) is 15.2 Å². The first-order chi connectivity index (χ1) is 3.00. The molecule has 3 heteroatoms. The first-order valence-electron chi connectivity index (χ1n) is 3.00. The Labute approximate surface area is 99.3 Å². The van der Waals surface area contributed by atoms with Gasteiger partial charge in [0.05, 0.1) is 0 Å². The summed E-state index contributed by atoms with van der Waals surface area (Å²) in [5.41, 5.74) is 0. The largest absolute Gasteiger partial charge is 1.00 e. The topological polar surface area (TPSA) is 0 Å². The second kappa shape index (κ2) is 9.10. The fourth-order valence-corrected chi connectivity index (χ4v) is 2.83. The number of halogens is 1. The molecule has 1 saturated heterocycles. The third-order valence-electron chi connectivity index (χ3n) is 1.50. The molecule has 0 aromatic carbocycles. The van der Waals surface area contributed by atoms with Crippen LogP contribution in [-0.2, 0) is 0 Å². The fraction of sp³-hybridized carbons (Fsp3) is 1.00. The molecule has 1 fully saturated rings. The van der Waals surface area contributed by atoms with Crippen LogP contribution in [0.5, 0.6) is 0 Å². The monoisotopic (exact) mass is 156 g/mol. The van der Waals surface area contributed by atoms with Crippen LogP contribution >= 0.6 is 0 Å². The van der Waals surface area contributed by atoms with Gasteiger partial charge < -0.3 is 4.70 Å². The molecule has 0 aromatic heterocycles. The predicted molar refractivity (Wildman–Crippen MR) is 30.6 cm³/mol. The Bertz CT molecular complexity index is 27.9. The van der Waals surface area contributed by atoms with Crippen molar-refractivity contribution in [1.82, 2.24) is 0 Å². The SMILES string of the molecule is C1C[CH2][AlH][CH2]C1.[F-].[K+]. The molecule has 0 saturated carbocycles. The van der Waals surface area contributed by atoms with Crippen LogP contribution in [-0.4, -0.2) is 15.2 Å². The molecule has 42 valence electrons. The summed E-state index contributed by atoms with van der Waals surface area (Å²) >= 11 is 0.508. The van der Waals surface area contributed by atoms with E-state index in [2.05, 4.69) is 0 Å². The molecule has 0 aliphatic carbocycles. The summed E-state index contributed by atoms with van der Waals surface area (Å²) in [6, 6.07) is 0. The van der Waals surface area contributed by atoms with Crippen molar-refractivity contribution in [3.05, 3.63) is 0 Å². The molecule has 0 aromatic rings. The molecule has 0 atom stereocenters. The van der Waals surface area contributed by atoms with E-state index in [1.807, 2.05) is 0 Å². The van der Waals surface area contributed by atoms with Crippen LogP contribution in [0, 0.1) is 0 Å². The first kappa shape index (κ1) is 12.7. The van der Waals surface area contributed by atoms with Crippen molar-refractivity contribution >= 4 is 15.2 Å². The van der Waals surface area contributed by atoms with Gasteiger partial charge in [-0.3, -0.25) is 0 Å². The Morgan fingerprint density at radius 1 is 0.875 bits per heavy atom. The van der Waals surface area contributed by atoms with E-state index in [4.69, 9.17) is 0 Å². The van der Waals surface area contributed by atoms with Crippen molar-refractivity contribution < 1.29 is 56.1 Å². The quantitative estimate of drug-likeness (QED) is 0.310. The van der Waals surface area contributed by atoms with Gasteiger partial charge >= 0.3 is 51.4 Å². The molecule has 1 heterocycles. The van der Waals surface area contributed by atoms with Crippen LogP contribution in [0.2, 0.25) is 10.6 Å². The van der Waals surface area contributed by atoms with Crippen molar-refractivity contribution in [2.75, 3.05) is 0 Å². The normalized spacial score (nSPS) is 17.0. The summed E-state index contributed by atoms with van der Waals surface area (Å²) in [5, 5.41) is 3.28.